The van der Waals surface area contributed by atoms with Gasteiger partial charge in [-0.05, 0) is 56.8 Å². The molecule has 5 rings (SSSR count). The first-order valence-corrected chi connectivity index (χ1v) is 13.1. The second kappa shape index (κ2) is 9.36. The maximum Gasteiger partial charge on any atom is 0.230 e. The molecule has 7 nitrogen and oxygen atoms in total. The van der Waals surface area contributed by atoms with Crippen molar-refractivity contribution in [2.45, 2.75) is 77.1 Å². The summed E-state index contributed by atoms with van der Waals surface area (Å²) in [5.74, 6) is 1.75. The molecule has 2 aliphatic rings. The van der Waals surface area contributed by atoms with Gasteiger partial charge < -0.3 is 19.3 Å². The Kier molecular flexibility index (Phi) is 6.52. The lowest BCUT2D eigenvalue weighted by Crippen LogP contribution is -2.63. The second-order valence-corrected chi connectivity index (χ2v) is 11.6. The molecule has 0 amide bonds. The zero-order chi connectivity index (χ0) is 25.7. The van der Waals surface area contributed by atoms with E-state index in [0.717, 1.165) is 42.6 Å². The summed E-state index contributed by atoms with van der Waals surface area (Å²) in [7, 11) is 2.08. The van der Waals surface area contributed by atoms with Crippen LogP contribution in [0.1, 0.15) is 81.9 Å². The van der Waals surface area contributed by atoms with Gasteiger partial charge in [-0.15, -0.1) is 0 Å². The summed E-state index contributed by atoms with van der Waals surface area (Å²) >= 11 is 0. The Morgan fingerprint density at radius 1 is 1.06 bits per heavy atom. The van der Waals surface area contributed by atoms with E-state index in [-0.39, 0.29) is 23.5 Å². The zero-order valence-corrected chi connectivity index (χ0v) is 22.2. The molecular formula is C29H38N4O3. The van der Waals surface area contributed by atoms with Gasteiger partial charge in [0.2, 0.25) is 11.7 Å². The van der Waals surface area contributed by atoms with Crippen LogP contribution in [0.2, 0.25) is 0 Å². The van der Waals surface area contributed by atoms with Gasteiger partial charge in [0.1, 0.15) is 5.60 Å². The number of aliphatic hydroxyl groups is 1. The van der Waals surface area contributed by atoms with E-state index in [1.165, 1.54) is 5.56 Å². The van der Waals surface area contributed by atoms with Crippen LogP contribution in [-0.4, -0.2) is 57.5 Å². The number of hydrogen-bond acceptors (Lipinski definition) is 7. The Balaban J connectivity index is 1.51. The van der Waals surface area contributed by atoms with Gasteiger partial charge in [0, 0.05) is 47.9 Å². The topological polar surface area (TPSA) is 84.5 Å². The first-order chi connectivity index (χ1) is 17.1. The normalized spacial score (nSPS) is 25.9. The zero-order valence-electron chi connectivity index (χ0n) is 22.2. The fourth-order valence-electron chi connectivity index (χ4n) is 6.23. The number of pyridine rings is 1. The van der Waals surface area contributed by atoms with Crippen molar-refractivity contribution >= 4 is 0 Å². The van der Waals surface area contributed by atoms with Crippen molar-refractivity contribution in [3.05, 3.63) is 65.3 Å². The first kappa shape index (κ1) is 25.1. The second-order valence-electron chi connectivity index (χ2n) is 11.6. The molecule has 7 heteroatoms. The number of nitrogens with zero attached hydrogens (tertiary/aromatic N) is 4. The molecule has 2 aliphatic heterocycles. The van der Waals surface area contributed by atoms with Gasteiger partial charge in [0.15, 0.2) is 0 Å². The molecular weight excluding hydrogens is 452 g/mol. The van der Waals surface area contributed by atoms with E-state index in [2.05, 4.69) is 81.0 Å². The molecule has 2 fully saturated rings. The fraction of sp³-hybridized carbons (Fsp3) is 0.552. The van der Waals surface area contributed by atoms with E-state index < -0.39 is 5.60 Å². The van der Waals surface area contributed by atoms with E-state index in [1.807, 2.05) is 6.07 Å². The van der Waals surface area contributed by atoms with Gasteiger partial charge in [0.25, 0.3) is 0 Å². The average Bonchev–Trinajstić information content (AvgIpc) is 3.33. The largest absolute Gasteiger partial charge is 0.380 e. The van der Waals surface area contributed by atoms with Gasteiger partial charge in [-0.3, -0.25) is 4.98 Å². The van der Waals surface area contributed by atoms with Crippen molar-refractivity contribution in [1.29, 1.82) is 0 Å². The van der Waals surface area contributed by atoms with Crippen LogP contribution in [0.15, 0.2) is 47.2 Å². The third kappa shape index (κ3) is 4.38. The highest BCUT2D eigenvalue weighted by Gasteiger charge is 2.55. The minimum Gasteiger partial charge on any atom is -0.380 e. The van der Waals surface area contributed by atoms with Crippen molar-refractivity contribution in [1.82, 2.24) is 20.0 Å². The predicted molar refractivity (Wildman–Crippen MR) is 139 cm³/mol. The van der Waals surface area contributed by atoms with Crippen molar-refractivity contribution in [3.63, 3.8) is 0 Å². The maximum atomic E-state index is 12.5. The Bertz CT molecular complexity index is 1190. The van der Waals surface area contributed by atoms with Crippen LogP contribution in [0.25, 0.3) is 11.4 Å². The quantitative estimate of drug-likeness (QED) is 0.514. The summed E-state index contributed by atoms with van der Waals surface area (Å²) in [4.78, 5) is 11.5. The van der Waals surface area contributed by atoms with Crippen molar-refractivity contribution in [2.75, 3.05) is 20.1 Å². The van der Waals surface area contributed by atoms with Crippen LogP contribution >= 0.6 is 0 Å². The van der Waals surface area contributed by atoms with Crippen LogP contribution in [0.3, 0.4) is 0 Å². The number of ether oxygens (including phenoxy) is 1. The van der Waals surface area contributed by atoms with Crippen molar-refractivity contribution < 1.29 is 14.4 Å². The predicted octanol–water partition coefficient (Wildman–Crippen LogP) is 5.11. The SMILES string of the molecule is CC1CC(c2nc(-c3cncc(C(O)(c4ccc(C(C)C)cc4)C4(C)CN(C)C4)c3)no2)CC(C)O1. The van der Waals surface area contributed by atoms with E-state index in [4.69, 9.17) is 14.2 Å². The summed E-state index contributed by atoms with van der Waals surface area (Å²) in [5, 5.41) is 16.8. The average molecular weight is 491 g/mol. The summed E-state index contributed by atoms with van der Waals surface area (Å²) in [6.07, 6.45) is 5.57. The molecule has 3 aromatic rings. The van der Waals surface area contributed by atoms with Crippen LogP contribution in [0.4, 0.5) is 0 Å². The van der Waals surface area contributed by atoms with Gasteiger partial charge in [-0.2, -0.15) is 4.98 Å². The van der Waals surface area contributed by atoms with Gasteiger partial charge >= 0.3 is 0 Å². The van der Waals surface area contributed by atoms with E-state index in [0.29, 0.717) is 17.6 Å². The molecule has 0 bridgehead atoms. The van der Waals surface area contributed by atoms with Gasteiger partial charge in [-0.25, -0.2) is 0 Å². The molecule has 0 saturated carbocycles. The lowest BCUT2D eigenvalue weighted by molar-refractivity contribution is -0.127. The molecule has 3 unspecified atom stereocenters. The Hall–Kier alpha value is -2.61. The molecule has 192 valence electrons. The molecule has 4 heterocycles. The molecule has 1 aromatic carbocycles. The number of benzene rings is 1. The van der Waals surface area contributed by atoms with E-state index >= 15 is 0 Å². The maximum absolute atomic E-state index is 12.5. The van der Waals surface area contributed by atoms with Crippen LogP contribution in [0.5, 0.6) is 0 Å². The standard InChI is InChI=1S/C29H38N4O3/c1-18(2)21-7-9-24(10-8-21)29(34,28(5)16-33(6)17-28)25-13-23(14-30-15-25)26-31-27(36-32-26)22-11-19(3)35-20(4)12-22/h7-10,13-15,18-20,22,34H,11-12,16-17H2,1-6H3. The summed E-state index contributed by atoms with van der Waals surface area (Å²) < 4.78 is 11.6. The summed E-state index contributed by atoms with van der Waals surface area (Å²) in [5.41, 5.74) is 2.03. The molecule has 3 atom stereocenters. The van der Waals surface area contributed by atoms with Gasteiger partial charge in [-0.1, -0.05) is 50.2 Å². The summed E-state index contributed by atoms with van der Waals surface area (Å²) in [6, 6.07) is 10.3. The highest BCUT2D eigenvalue weighted by molar-refractivity contribution is 5.56. The van der Waals surface area contributed by atoms with Gasteiger partial charge in [0.05, 0.1) is 12.2 Å². The lowest BCUT2D eigenvalue weighted by Gasteiger charge is -2.55. The smallest absolute Gasteiger partial charge is 0.230 e. The molecule has 2 aromatic heterocycles. The fourth-order valence-corrected chi connectivity index (χ4v) is 6.23. The minimum absolute atomic E-state index is 0.164. The molecule has 1 N–H and O–H groups in total. The number of hydrogen-bond donors (Lipinski definition) is 1. The molecule has 0 spiro atoms. The van der Waals surface area contributed by atoms with Crippen molar-refractivity contribution in [2.24, 2.45) is 5.41 Å². The number of aromatic nitrogens is 3. The molecule has 0 aliphatic carbocycles. The van der Waals surface area contributed by atoms with Crippen LogP contribution in [0, 0.1) is 5.41 Å². The Labute approximate surface area is 213 Å². The molecule has 36 heavy (non-hydrogen) atoms. The number of likely N-dealkylation sites (tertiary alicyclic amines) is 1. The van der Waals surface area contributed by atoms with E-state index in [9.17, 15) is 5.11 Å². The monoisotopic (exact) mass is 490 g/mol. The first-order valence-electron chi connectivity index (χ1n) is 13.1. The third-order valence-corrected chi connectivity index (χ3v) is 8.01. The highest BCUT2D eigenvalue weighted by atomic mass is 16.5. The Morgan fingerprint density at radius 3 is 2.33 bits per heavy atom. The summed E-state index contributed by atoms with van der Waals surface area (Å²) in [6.45, 7) is 12.2. The molecule has 2 saturated heterocycles. The highest BCUT2D eigenvalue weighted by Crippen LogP contribution is 2.50. The van der Waals surface area contributed by atoms with Crippen molar-refractivity contribution in [3.8, 4) is 11.4 Å². The van der Waals surface area contributed by atoms with Crippen LogP contribution in [-0.2, 0) is 10.3 Å². The number of rotatable bonds is 6. The lowest BCUT2D eigenvalue weighted by atomic mass is 9.62. The third-order valence-electron chi connectivity index (χ3n) is 8.01. The van der Waals surface area contributed by atoms with Crippen LogP contribution < -0.4 is 0 Å². The van der Waals surface area contributed by atoms with E-state index in [1.54, 1.807) is 12.4 Å². The molecule has 0 radical (unpaired) electrons. The minimum atomic E-state index is -1.21. The Morgan fingerprint density at radius 2 is 1.72 bits per heavy atom.